The monoisotopic (exact) mass is 264 g/mol. The van der Waals surface area contributed by atoms with E-state index in [9.17, 15) is 0 Å². The van der Waals surface area contributed by atoms with Crippen molar-refractivity contribution in [1.29, 1.82) is 0 Å². The zero-order valence-electron chi connectivity index (χ0n) is 13.0. The van der Waals surface area contributed by atoms with Crippen LogP contribution in [0.2, 0.25) is 0 Å². The van der Waals surface area contributed by atoms with E-state index in [4.69, 9.17) is 0 Å². The van der Waals surface area contributed by atoms with E-state index in [-0.39, 0.29) is 0 Å². The average Bonchev–Trinajstić information content (AvgIpc) is 2.82. The third-order valence-electron chi connectivity index (χ3n) is 3.93. The number of imidazole rings is 1. The van der Waals surface area contributed by atoms with Crippen LogP contribution < -0.4 is 0 Å². The quantitative estimate of drug-likeness (QED) is 0.456. The lowest BCUT2D eigenvalue weighted by molar-refractivity contribution is 0.528. The summed E-state index contributed by atoms with van der Waals surface area (Å²) in [7, 11) is 0. The first-order chi connectivity index (χ1) is 9.34. The Balaban J connectivity index is 1.80. The van der Waals surface area contributed by atoms with Crippen molar-refractivity contribution < 1.29 is 0 Å². The molecule has 0 spiro atoms. The van der Waals surface area contributed by atoms with Crippen molar-refractivity contribution in [2.45, 2.75) is 91.0 Å². The summed E-state index contributed by atoms with van der Waals surface area (Å²) >= 11 is 0. The van der Waals surface area contributed by atoms with E-state index >= 15 is 0 Å². The van der Waals surface area contributed by atoms with Gasteiger partial charge in [-0.1, -0.05) is 71.1 Å². The first-order valence-corrected chi connectivity index (χ1v) is 8.32. The van der Waals surface area contributed by atoms with Gasteiger partial charge in [0.05, 0.1) is 0 Å². The fraction of sp³-hybridized carbons (Fsp3) is 0.824. The maximum Gasteiger partial charge on any atom is 0.105 e. The zero-order chi connectivity index (χ0) is 13.8. The Morgan fingerprint density at radius 1 is 0.842 bits per heavy atom. The van der Waals surface area contributed by atoms with E-state index in [0.717, 1.165) is 12.4 Å². The van der Waals surface area contributed by atoms with E-state index in [1.165, 1.54) is 70.6 Å². The van der Waals surface area contributed by atoms with Crippen LogP contribution in [0.4, 0.5) is 0 Å². The molecule has 0 amide bonds. The molecule has 19 heavy (non-hydrogen) atoms. The summed E-state index contributed by atoms with van der Waals surface area (Å²) in [6.07, 6.45) is 19.5. The van der Waals surface area contributed by atoms with Crippen molar-refractivity contribution in [1.82, 2.24) is 9.55 Å². The number of hydrogen-bond donors (Lipinski definition) is 0. The summed E-state index contributed by atoms with van der Waals surface area (Å²) in [5, 5.41) is 0. The Bertz CT molecular complexity index is 304. The average molecular weight is 264 g/mol. The van der Waals surface area contributed by atoms with E-state index in [2.05, 4.69) is 29.6 Å². The highest BCUT2D eigenvalue weighted by molar-refractivity contribution is 4.87. The molecular formula is C17H32N2. The molecule has 0 aromatic carbocycles. The van der Waals surface area contributed by atoms with E-state index in [1.807, 2.05) is 6.20 Å². The van der Waals surface area contributed by atoms with Crippen molar-refractivity contribution in [2.24, 2.45) is 0 Å². The molecule has 0 bridgehead atoms. The lowest BCUT2D eigenvalue weighted by Gasteiger charge is -2.05. The SMILES string of the molecule is CCCCCCCCCCCCCn1ccnc1C. The number of aryl methyl sites for hydroxylation is 2. The topological polar surface area (TPSA) is 17.8 Å². The van der Waals surface area contributed by atoms with E-state index < -0.39 is 0 Å². The summed E-state index contributed by atoms with van der Waals surface area (Å²) in [6, 6.07) is 0. The van der Waals surface area contributed by atoms with E-state index in [0.29, 0.717) is 0 Å². The molecule has 0 aliphatic heterocycles. The maximum atomic E-state index is 4.25. The molecule has 0 N–H and O–H groups in total. The highest BCUT2D eigenvalue weighted by Crippen LogP contribution is 2.11. The van der Waals surface area contributed by atoms with Gasteiger partial charge in [-0.25, -0.2) is 4.98 Å². The molecule has 2 heteroatoms. The number of aromatic nitrogens is 2. The summed E-state index contributed by atoms with van der Waals surface area (Å²) in [5.41, 5.74) is 0. The third kappa shape index (κ3) is 8.07. The molecule has 0 unspecified atom stereocenters. The lowest BCUT2D eigenvalue weighted by Crippen LogP contribution is -1.98. The van der Waals surface area contributed by atoms with Crippen molar-refractivity contribution in [3.05, 3.63) is 18.2 Å². The van der Waals surface area contributed by atoms with Crippen LogP contribution in [0.25, 0.3) is 0 Å². The Labute approximate surface area is 119 Å². The van der Waals surface area contributed by atoms with Gasteiger partial charge < -0.3 is 4.57 Å². The van der Waals surface area contributed by atoms with Gasteiger partial charge in [0.1, 0.15) is 5.82 Å². The van der Waals surface area contributed by atoms with Crippen molar-refractivity contribution in [2.75, 3.05) is 0 Å². The summed E-state index contributed by atoms with van der Waals surface area (Å²) in [4.78, 5) is 4.25. The number of nitrogens with zero attached hydrogens (tertiary/aromatic N) is 2. The van der Waals surface area contributed by atoms with Crippen LogP contribution >= 0.6 is 0 Å². The van der Waals surface area contributed by atoms with E-state index in [1.54, 1.807) is 0 Å². The molecule has 1 heterocycles. The van der Waals surface area contributed by atoms with Gasteiger partial charge in [-0.05, 0) is 13.3 Å². The third-order valence-corrected chi connectivity index (χ3v) is 3.93. The normalized spacial score (nSPS) is 11.1. The highest BCUT2D eigenvalue weighted by atomic mass is 15.0. The maximum absolute atomic E-state index is 4.25. The molecule has 1 rings (SSSR count). The first-order valence-electron chi connectivity index (χ1n) is 8.32. The number of rotatable bonds is 12. The fourth-order valence-electron chi connectivity index (χ4n) is 2.59. The first kappa shape index (κ1) is 16.3. The Hall–Kier alpha value is -0.790. The smallest absolute Gasteiger partial charge is 0.105 e. The summed E-state index contributed by atoms with van der Waals surface area (Å²) < 4.78 is 2.26. The van der Waals surface area contributed by atoms with Gasteiger partial charge >= 0.3 is 0 Å². The van der Waals surface area contributed by atoms with Crippen LogP contribution in [-0.4, -0.2) is 9.55 Å². The predicted octanol–water partition coefficient (Wildman–Crippen LogP) is 5.50. The number of hydrogen-bond acceptors (Lipinski definition) is 1. The van der Waals surface area contributed by atoms with Crippen LogP contribution in [0.15, 0.2) is 12.4 Å². The van der Waals surface area contributed by atoms with Crippen LogP contribution in [0.1, 0.15) is 83.4 Å². The lowest BCUT2D eigenvalue weighted by atomic mass is 10.1. The molecule has 110 valence electrons. The number of unbranched alkanes of at least 4 members (excludes halogenated alkanes) is 10. The van der Waals surface area contributed by atoms with Crippen molar-refractivity contribution >= 4 is 0 Å². The van der Waals surface area contributed by atoms with Crippen LogP contribution in [0, 0.1) is 6.92 Å². The second-order valence-electron chi connectivity index (χ2n) is 5.70. The fourth-order valence-corrected chi connectivity index (χ4v) is 2.59. The van der Waals surface area contributed by atoms with Crippen LogP contribution in [0.5, 0.6) is 0 Å². The van der Waals surface area contributed by atoms with Gasteiger partial charge in [0.2, 0.25) is 0 Å². The zero-order valence-corrected chi connectivity index (χ0v) is 13.0. The standard InChI is InChI=1S/C17H32N2/c1-3-4-5-6-7-8-9-10-11-12-13-15-19-16-14-18-17(19)2/h14,16H,3-13,15H2,1-2H3. The largest absolute Gasteiger partial charge is 0.335 e. The molecule has 0 aliphatic rings. The molecule has 0 fully saturated rings. The molecule has 2 nitrogen and oxygen atoms in total. The minimum absolute atomic E-state index is 1.14. The van der Waals surface area contributed by atoms with Crippen molar-refractivity contribution in [3.8, 4) is 0 Å². The Morgan fingerprint density at radius 3 is 1.84 bits per heavy atom. The molecular weight excluding hydrogens is 232 g/mol. The minimum Gasteiger partial charge on any atom is -0.335 e. The second-order valence-corrected chi connectivity index (χ2v) is 5.70. The van der Waals surface area contributed by atoms with Gasteiger partial charge in [-0.3, -0.25) is 0 Å². The van der Waals surface area contributed by atoms with Gasteiger partial charge in [-0.15, -0.1) is 0 Å². The summed E-state index contributed by atoms with van der Waals surface area (Å²) in [6.45, 7) is 5.51. The molecule has 1 aromatic heterocycles. The van der Waals surface area contributed by atoms with Crippen molar-refractivity contribution in [3.63, 3.8) is 0 Å². The molecule has 1 aromatic rings. The molecule has 0 saturated carbocycles. The van der Waals surface area contributed by atoms with Gasteiger partial charge in [0.25, 0.3) is 0 Å². The van der Waals surface area contributed by atoms with Crippen LogP contribution in [-0.2, 0) is 6.54 Å². The minimum atomic E-state index is 1.14. The second kappa shape index (κ2) is 11.1. The Kier molecular flexibility index (Phi) is 9.48. The molecule has 0 atom stereocenters. The van der Waals surface area contributed by atoms with Gasteiger partial charge in [0.15, 0.2) is 0 Å². The predicted molar refractivity (Wildman–Crippen MR) is 83.4 cm³/mol. The molecule has 0 saturated heterocycles. The van der Waals surface area contributed by atoms with Gasteiger partial charge in [0, 0.05) is 18.9 Å². The Morgan fingerprint density at radius 2 is 1.37 bits per heavy atom. The summed E-state index contributed by atoms with van der Waals surface area (Å²) in [5.74, 6) is 1.15. The van der Waals surface area contributed by atoms with Crippen LogP contribution in [0.3, 0.4) is 0 Å². The molecule has 0 radical (unpaired) electrons. The van der Waals surface area contributed by atoms with Gasteiger partial charge in [-0.2, -0.15) is 0 Å². The molecule has 0 aliphatic carbocycles. The highest BCUT2D eigenvalue weighted by Gasteiger charge is 1.96.